The molecule has 104 valence electrons. The van der Waals surface area contributed by atoms with Crippen LogP contribution in [0.5, 0.6) is 0 Å². The number of hydrogen-bond acceptors (Lipinski definition) is 3. The Morgan fingerprint density at radius 1 is 1.44 bits per heavy atom. The Labute approximate surface area is 114 Å². The summed E-state index contributed by atoms with van der Waals surface area (Å²) in [5.74, 6) is 0.0836. The molecule has 2 rings (SSSR count). The molecule has 2 saturated heterocycles. The summed E-state index contributed by atoms with van der Waals surface area (Å²) < 4.78 is 0. The van der Waals surface area contributed by atoms with E-state index in [0.717, 1.165) is 38.9 Å². The molecule has 6 heteroatoms. The lowest BCUT2D eigenvalue weighted by Crippen LogP contribution is -2.54. The Morgan fingerprint density at radius 3 is 2.67 bits per heavy atom. The summed E-state index contributed by atoms with van der Waals surface area (Å²) in [6, 6.07) is 0. The number of piperidine rings is 1. The average molecular weight is 276 g/mol. The van der Waals surface area contributed by atoms with Gasteiger partial charge < -0.3 is 15.5 Å². The largest absolute Gasteiger partial charge is 0.349 e. The summed E-state index contributed by atoms with van der Waals surface area (Å²) in [6.45, 7) is 4.92. The van der Waals surface area contributed by atoms with Crippen LogP contribution in [-0.2, 0) is 9.59 Å². The van der Waals surface area contributed by atoms with Gasteiger partial charge in [0.25, 0.3) is 0 Å². The van der Waals surface area contributed by atoms with Crippen molar-refractivity contribution < 1.29 is 9.59 Å². The van der Waals surface area contributed by atoms with Crippen LogP contribution in [0.15, 0.2) is 0 Å². The first-order valence-electron chi connectivity index (χ1n) is 6.39. The third kappa shape index (κ3) is 3.85. The molecule has 2 heterocycles. The Morgan fingerprint density at radius 2 is 2.11 bits per heavy atom. The molecule has 2 amide bonds. The van der Waals surface area contributed by atoms with Crippen molar-refractivity contribution >= 4 is 24.2 Å². The molecule has 2 N–H and O–H groups in total. The van der Waals surface area contributed by atoms with E-state index in [1.54, 1.807) is 4.90 Å². The Bertz CT molecular complexity index is 316. The summed E-state index contributed by atoms with van der Waals surface area (Å²) >= 11 is 0. The second-order valence-electron chi connectivity index (χ2n) is 5.28. The predicted octanol–water partition coefficient (Wildman–Crippen LogP) is 0.289. The van der Waals surface area contributed by atoms with Crippen LogP contribution in [0.4, 0.5) is 0 Å². The molecular weight excluding hydrogens is 254 g/mol. The lowest BCUT2D eigenvalue weighted by Gasteiger charge is -2.35. The van der Waals surface area contributed by atoms with Gasteiger partial charge in [0, 0.05) is 18.5 Å². The van der Waals surface area contributed by atoms with Gasteiger partial charge in [-0.15, -0.1) is 12.4 Å². The molecule has 5 nitrogen and oxygen atoms in total. The zero-order valence-electron chi connectivity index (χ0n) is 10.8. The number of nitrogens with zero attached hydrogens (tertiary/aromatic N) is 1. The highest BCUT2D eigenvalue weighted by Crippen LogP contribution is 2.17. The minimum Gasteiger partial charge on any atom is -0.349 e. The van der Waals surface area contributed by atoms with Crippen LogP contribution in [0.2, 0.25) is 0 Å². The first-order chi connectivity index (χ1) is 8.09. The second kappa shape index (κ2) is 6.38. The van der Waals surface area contributed by atoms with E-state index in [0.29, 0.717) is 6.42 Å². The van der Waals surface area contributed by atoms with Gasteiger partial charge in [0.15, 0.2) is 0 Å². The minimum atomic E-state index is -0.106. The Hall–Kier alpha value is -0.810. The summed E-state index contributed by atoms with van der Waals surface area (Å²) in [4.78, 5) is 25.0. The first kappa shape index (κ1) is 15.2. The zero-order chi connectivity index (χ0) is 12.3. The maximum atomic E-state index is 11.9. The van der Waals surface area contributed by atoms with Crippen molar-refractivity contribution in [1.82, 2.24) is 15.5 Å². The smallest absolute Gasteiger partial charge is 0.240 e. The molecular formula is C12H22ClN3O2. The zero-order valence-corrected chi connectivity index (χ0v) is 11.6. The maximum absolute atomic E-state index is 11.9. The van der Waals surface area contributed by atoms with Crippen molar-refractivity contribution in [3.8, 4) is 0 Å². The maximum Gasteiger partial charge on any atom is 0.240 e. The number of halogens is 1. The average Bonchev–Trinajstić information content (AvgIpc) is 2.64. The molecule has 2 aliphatic heterocycles. The van der Waals surface area contributed by atoms with Gasteiger partial charge in [-0.3, -0.25) is 9.59 Å². The molecule has 0 radical (unpaired) electrons. The standard InChI is InChI=1S/C12H21N3O2.ClH/c1-12(4-6-13-7-5-12)14-10(16)9-15-8-2-3-11(15)17;/h13H,2-9H2,1H3,(H,14,16);1H. The molecule has 0 aliphatic carbocycles. The summed E-state index contributed by atoms with van der Waals surface area (Å²) in [6.07, 6.45) is 3.38. The molecule has 18 heavy (non-hydrogen) atoms. The minimum absolute atomic E-state index is 0. The molecule has 0 atom stereocenters. The molecule has 0 aromatic heterocycles. The van der Waals surface area contributed by atoms with Gasteiger partial charge in [-0.1, -0.05) is 0 Å². The van der Waals surface area contributed by atoms with Crippen LogP contribution < -0.4 is 10.6 Å². The van der Waals surface area contributed by atoms with Crippen molar-refractivity contribution in [2.75, 3.05) is 26.2 Å². The van der Waals surface area contributed by atoms with E-state index >= 15 is 0 Å². The molecule has 0 aromatic carbocycles. The fraction of sp³-hybridized carbons (Fsp3) is 0.833. The van der Waals surface area contributed by atoms with E-state index in [9.17, 15) is 9.59 Å². The van der Waals surface area contributed by atoms with E-state index in [-0.39, 0.29) is 36.3 Å². The number of hydrogen-bond donors (Lipinski definition) is 2. The monoisotopic (exact) mass is 275 g/mol. The van der Waals surface area contributed by atoms with E-state index in [1.165, 1.54) is 0 Å². The van der Waals surface area contributed by atoms with Crippen molar-refractivity contribution in [2.24, 2.45) is 0 Å². The number of likely N-dealkylation sites (tertiary alicyclic amines) is 1. The summed E-state index contributed by atoms with van der Waals surface area (Å²) in [5, 5.41) is 6.35. The molecule has 0 spiro atoms. The predicted molar refractivity (Wildman–Crippen MR) is 71.7 cm³/mol. The van der Waals surface area contributed by atoms with Crippen LogP contribution in [0.25, 0.3) is 0 Å². The summed E-state index contributed by atoms with van der Waals surface area (Å²) in [7, 11) is 0. The van der Waals surface area contributed by atoms with Crippen LogP contribution in [-0.4, -0.2) is 48.4 Å². The van der Waals surface area contributed by atoms with Crippen molar-refractivity contribution in [2.45, 2.75) is 38.1 Å². The quantitative estimate of drug-likeness (QED) is 0.778. The van der Waals surface area contributed by atoms with Crippen LogP contribution in [0.3, 0.4) is 0 Å². The molecule has 2 fully saturated rings. The number of amides is 2. The highest BCUT2D eigenvalue weighted by molar-refractivity contribution is 5.86. The molecule has 0 bridgehead atoms. The fourth-order valence-electron chi connectivity index (χ4n) is 2.52. The fourth-order valence-corrected chi connectivity index (χ4v) is 2.52. The SMILES string of the molecule is CC1(NC(=O)CN2CCCC2=O)CCNCC1.Cl. The van der Waals surface area contributed by atoms with Crippen LogP contribution in [0.1, 0.15) is 32.6 Å². The highest BCUT2D eigenvalue weighted by Gasteiger charge is 2.30. The topological polar surface area (TPSA) is 61.4 Å². The van der Waals surface area contributed by atoms with Gasteiger partial charge >= 0.3 is 0 Å². The van der Waals surface area contributed by atoms with Gasteiger partial charge in [-0.25, -0.2) is 0 Å². The van der Waals surface area contributed by atoms with Crippen LogP contribution in [0, 0.1) is 0 Å². The number of carbonyl (C=O) groups is 2. The molecule has 2 aliphatic rings. The van der Waals surface area contributed by atoms with E-state index < -0.39 is 0 Å². The lowest BCUT2D eigenvalue weighted by atomic mass is 9.90. The van der Waals surface area contributed by atoms with Gasteiger partial charge in [0.05, 0.1) is 6.54 Å². The van der Waals surface area contributed by atoms with Gasteiger partial charge in [0.1, 0.15) is 0 Å². The van der Waals surface area contributed by atoms with Gasteiger partial charge in [-0.05, 0) is 39.3 Å². The lowest BCUT2D eigenvalue weighted by molar-refractivity contribution is -0.133. The number of carbonyl (C=O) groups excluding carboxylic acids is 2. The third-order valence-electron chi connectivity index (χ3n) is 3.65. The normalized spacial score (nSPS) is 22.5. The van der Waals surface area contributed by atoms with Gasteiger partial charge in [-0.2, -0.15) is 0 Å². The van der Waals surface area contributed by atoms with Crippen molar-refractivity contribution in [1.29, 1.82) is 0 Å². The highest BCUT2D eigenvalue weighted by atomic mass is 35.5. The Kier molecular flexibility index (Phi) is 5.41. The molecule has 0 unspecified atom stereocenters. The van der Waals surface area contributed by atoms with Crippen molar-refractivity contribution in [3.05, 3.63) is 0 Å². The molecule has 0 aromatic rings. The number of nitrogens with one attached hydrogen (secondary N) is 2. The van der Waals surface area contributed by atoms with Crippen LogP contribution >= 0.6 is 12.4 Å². The van der Waals surface area contributed by atoms with E-state index in [4.69, 9.17) is 0 Å². The Balaban J connectivity index is 0.00000162. The molecule has 0 saturated carbocycles. The number of rotatable bonds is 3. The van der Waals surface area contributed by atoms with Gasteiger partial charge in [0.2, 0.25) is 11.8 Å². The van der Waals surface area contributed by atoms with E-state index in [2.05, 4.69) is 17.6 Å². The van der Waals surface area contributed by atoms with Crippen molar-refractivity contribution in [3.63, 3.8) is 0 Å². The summed E-state index contributed by atoms with van der Waals surface area (Å²) in [5.41, 5.74) is -0.106. The second-order valence-corrected chi connectivity index (χ2v) is 5.28. The van der Waals surface area contributed by atoms with E-state index in [1.807, 2.05) is 0 Å². The first-order valence-corrected chi connectivity index (χ1v) is 6.39. The third-order valence-corrected chi connectivity index (χ3v) is 3.65.